The third-order valence-corrected chi connectivity index (χ3v) is 7.23. The number of thiophene rings is 1. The van der Waals surface area contributed by atoms with Crippen LogP contribution in [0.4, 0.5) is 0 Å². The topological polar surface area (TPSA) is 49.4 Å². The minimum absolute atomic E-state index is 0.0834. The fourth-order valence-corrected chi connectivity index (χ4v) is 5.26. The fraction of sp³-hybridized carbons (Fsp3) is 0.357. The molecule has 0 radical (unpaired) electrons. The average Bonchev–Trinajstić information content (AvgIpc) is 3.52. The second-order valence-electron chi connectivity index (χ2n) is 9.02. The summed E-state index contributed by atoms with van der Waals surface area (Å²) in [5, 5.41) is 5.16. The van der Waals surface area contributed by atoms with Crippen molar-refractivity contribution in [2.45, 2.75) is 58.0 Å². The third kappa shape index (κ3) is 5.91. The largest absolute Gasteiger partial charge is 0.351 e. The van der Waals surface area contributed by atoms with Gasteiger partial charge in [-0.3, -0.25) is 9.59 Å². The number of rotatable bonds is 8. The van der Waals surface area contributed by atoms with Crippen LogP contribution in [0.15, 0.2) is 66.0 Å². The summed E-state index contributed by atoms with van der Waals surface area (Å²) in [6.45, 7) is 4.57. The first-order valence-electron chi connectivity index (χ1n) is 11.8. The first-order valence-corrected chi connectivity index (χ1v) is 12.7. The van der Waals surface area contributed by atoms with E-state index in [1.54, 1.807) is 4.90 Å². The summed E-state index contributed by atoms with van der Waals surface area (Å²) in [6.07, 6.45) is 5.00. The van der Waals surface area contributed by atoms with E-state index in [9.17, 15) is 9.59 Å². The molecule has 1 aromatic heterocycles. The molecule has 3 aromatic rings. The Hall–Kier alpha value is -2.92. The van der Waals surface area contributed by atoms with Gasteiger partial charge in [0.05, 0.1) is 4.88 Å². The molecule has 1 aliphatic rings. The monoisotopic (exact) mass is 460 g/mol. The Bertz CT molecular complexity index is 1070. The summed E-state index contributed by atoms with van der Waals surface area (Å²) >= 11 is 1.42. The predicted octanol–water partition coefficient (Wildman–Crippen LogP) is 5.85. The van der Waals surface area contributed by atoms with Crippen LogP contribution in [-0.2, 0) is 11.2 Å². The van der Waals surface area contributed by atoms with Crippen molar-refractivity contribution in [3.8, 4) is 0 Å². The van der Waals surface area contributed by atoms with E-state index < -0.39 is 6.04 Å². The van der Waals surface area contributed by atoms with Crippen molar-refractivity contribution < 1.29 is 9.59 Å². The average molecular weight is 461 g/mol. The van der Waals surface area contributed by atoms with Crippen molar-refractivity contribution in [1.29, 1.82) is 0 Å². The van der Waals surface area contributed by atoms with Crippen molar-refractivity contribution in [2.24, 2.45) is 0 Å². The molecule has 1 saturated carbocycles. The van der Waals surface area contributed by atoms with Gasteiger partial charge in [0.1, 0.15) is 6.04 Å². The maximum atomic E-state index is 13.7. The second-order valence-corrected chi connectivity index (χ2v) is 9.97. The Morgan fingerprint density at radius 1 is 1.00 bits per heavy atom. The molecule has 0 aliphatic heterocycles. The van der Waals surface area contributed by atoms with E-state index in [2.05, 4.69) is 30.4 Å². The van der Waals surface area contributed by atoms with Gasteiger partial charge in [-0.1, -0.05) is 78.6 Å². The van der Waals surface area contributed by atoms with E-state index in [1.807, 2.05) is 54.8 Å². The summed E-state index contributed by atoms with van der Waals surface area (Å²) in [4.78, 5) is 29.8. The molecule has 4 nitrogen and oxygen atoms in total. The summed E-state index contributed by atoms with van der Waals surface area (Å²) in [6, 6.07) is 19.6. The van der Waals surface area contributed by atoms with Gasteiger partial charge >= 0.3 is 0 Å². The van der Waals surface area contributed by atoms with Crippen LogP contribution in [0.3, 0.4) is 0 Å². The lowest BCUT2D eigenvalue weighted by Crippen LogP contribution is -2.46. The van der Waals surface area contributed by atoms with Crippen molar-refractivity contribution >= 4 is 23.2 Å². The van der Waals surface area contributed by atoms with Crippen molar-refractivity contribution in [3.05, 3.63) is 93.2 Å². The zero-order valence-corrected chi connectivity index (χ0v) is 20.2. The molecule has 0 spiro atoms. The highest BCUT2D eigenvalue weighted by Crippen LogP contribution is 2.27. The van der Waals surface area contributed by atoms with Crippen molar-refractivity contribution in [3.63, 3.8) is 0 Å². The molecule has 2 aromatic carbocycles. The fourth-order valence-electron chi connectivity index (χ4n) is 4.58. The Morgan fingerprint density at radius 2 is 1.76 bits per heavy atom. The van der Waals surface area contributed by atoms with E-state index in [4.69, 9.17) is 0 Å². The summed E-state index contributed by atoms with van der Waals surface area (Å²) in [5.74, 6) is -0.176. The molecule has 1 unspecified atom stereocenters. The number of hydrogen-bond donors (Lipinski definition) is 1. The van der Waals surface area contributed by atoms with E-state index in [-0.39, 0.29) is 17.9 Å². The molecule has 2 amide bonds. The molecule has 0 saturated heterocycles. The lowest BCUT2D eigenvalue weighted by atomic mass is 10.0. The van der Waals surface area contributed by atoms with Gasteiger partial charge in [-0.25, -0.2) is 0 Å². The molecule has 1 heterocycles. The van der Waals surface area contributed by atoms with Crippen LogP contribution in [0.5, 0.6) is 0 Å². The zero-order chi connectivity index (χ0) is 23.2. The van der Waals surface area contributed by atoms with Crippen LogP contribution in [0.1, 0.15) is 63.7 Å². The summed E-state index contributed by atoms with van der Waals surface area (Å²) in [5.41, 5.74) is 4.34. The third-order valence-electron chi connectivity index (χ3n) is 6.37. The van der Waals surface area contributed by atoms with Crippen LogP contribution >= 0.6 is 11.3 Å². The molecule has 1 fully saturated rings. The van der Waals surface area contributed by atoms with Gasteiger partial charge < -0.3 is 10.2 Å². The lowest BCUT2D eigenvalue weighted by molar-refractivity contribution is -0.126. The van der Waals surface area contributed by atoms with Crippen LogP contribution in [0.2, 0.25) is 0 Å². The minimum Gasteiger partial charge on any atom is -0.351 e. The maximum absolute atomic E-state index is 13.7. The molecular weight excluding hydrogens is 428 g/mol. The van der Waals surface area contributed by atoms with Crippen LogP contribution in [0.25, 0.3) is 0 Å². The Morgan fingerprint density at radius 3 is 2.42 bits per heavy atom. The normalized spacial score (nSPS) is 14.7. The van der Waals surface area contributed by atoms with Gasteiger partial charge in [0.15, 0.2) is 0 Å². The zero-order valence-electron chi connectivity index (χ0n) is 19.4. The second kappa shape index (κ2) is 10.8. The van der Waals surface area contributed by atoms with Gasteiger partial charge in [0.25, 0.3) is 5.91 Å². The highest BCUT2D eigenvalue weighted by molar-refractivity contribution is 7.12. The van der Waals surface area contributed by atoms with E-state index >= 15 is 0 Å². The van der Waals surface area contributed by atoms with E-state index in [0.29, 0.717) is 17.8 Å². The van der Waals surface area contributed by atoms with Crippen LogP contribution in [0, 0.1) is 13.8 Å². The number of nitrogens with zero attached hydrogens (tertiary/aromatic N) is 1. The van der Waals surface area contributed by atoms with Gasteiger partial charge in [-0.15, -0.1) is 11.3 Å². The van der Waals surface area contributed by atoms with E-state index in [0.717, 1.165) is 42.4 Å². The number of aryl methyl sites for hydroxylation is 2. The number of amides is 2. The summed E-state index contributed by atoms with van der Waals surface area (Å²) in [7, 11) is 0. The van der Waals surface area contributed by atoms with Crippen molar-refractivity contribution in [2.75, 3.05) is 6.54 Å². The molecule has 0 bridgehead atoms. The molecule has 1 aliphatic carbocycles. The SMILES string of the molecule is Cc1ccc(C(C(=O)NC2CCCC2)N(CCc2cccc(C)c2)C(=O)c2cccs2)cc1. The highest BCUT2D eigenvalue weighted by atomic mass is 32.1. The Labute approximate surface area is 200 Å². The molecular formula is C28H32N2O2S. The first-order chi connectivity index (χ1) is 16.0. The maximum Gasteiger partial charge on any atom is 0.264 e. The Kier molecular flexibility index (Phi) is 7.61. The molecule has 1 atom stereocenters. The van der Waals surface area contributed by atoms with Gasteiger partial charge in [-0.2, -0.15) is 0 Å². The highest BCUT2D eigenvalue weighted by Gasteiger charge is 2.33. The Balaban J connectivity index is 1.67. The van der Waals surface area contributed by atoms with Crippen LogP contribution < -0.4 is 5.32 Å². The number of carbonyl (C=O) groups excluding carboxylic acids is 2. The molecule has 1 N–H and O–H groups in total. The minimum atomic E-state index is -0.661. The van der Waals surface area contributed by atoms with Crippen LogP contribution in [-0.4, -0.2) is 29.3 Å². The summed E-state index contributed by atoms with van der Waals surface area (Å²) < 4.78 is 0. The smallest absolute Gasteiger partial charge is 0.264 e. The predicted molar refractivity (Wildman–Crippen MR) is 135 cm³/mol. The number of nitrogens with one attached hydrogen (secondary N) is 1. The van der Waals surface area contributed by atoms with Crippen molar-refractivity contribution in [1.82, 2.24) is 10.2 Å². The van der Waals surface area contributed by atoms with Gasteiger partial charge in [0.2, 0.25) is 5.91 Å². The van der Waals surface area contributed by atoms with Gasteiger partial charge in [-0.05, 0) is 55.7 Å². The molecule has 33 heavy (non-hydrogen) atoms. The molecule has 172 valence electrons. The quantitative estimate of drug-likeness (QED) is 0.458. The standard InChI is InChI=1S/C28H32N2O2S/c1-20-12-14-23(15-13-20)26(27(31)29-24-9-3-4-10-24)30(28(32)25-11-6-18-33-25)17-16-22-8-5-7-21(2)19-22/h5-8,11-15,18-19,24,26H,3-4,9-10,16-17H2,1-2H3,(H,29,31). The number of benzene rings is 2. The number of hydrogen-bond acceptors (Lipinski definition) is 3. The molecule has 4 rings (SSSR count). The lowest BCUT2D eigenvalue weighted by Gasteiger charge is -2.32. The number of carbonyl (C=O) groups is 2. The van der Waals surface area contributed by atoms with E-state index in [1.165, 1.54) is 16.9 Å². The first kappa shape index (κ1) is 23.2. The molecule has 5 heteroatoms. The van der Waals surface area contributed by atoms with Gasteiger partial charge in [0, 0.05) is 12.6 Å².